The summed E-state index contributed by atoms with van der Waals surface area (Å²) in [6.45, 7) is 0. The third-order valence-electron chi connectivity index (χ3n) is 2.99. The SMILES string of the molecule is N#[N+]c1ccc2cc3cc([N+]#N)ccc3cc2c1. The minimum Gasteiger partial charge on any atom is -0.0463 e. The lowest BCUT2D eigenvalue weighted by Crippen LogP contribution is -1.76. The number of diazo groups is 2. The molecule has 0 N–H and O–H groups in total. The summed E-state index contributed by atoms with van der Waals surface area (Å²) in [5.41, 5.74) is 1.06. The molecular formula is C14H8N4+2. The molecule has 3 aromatic rings. The zero-order valence-electron chi connectivity index (χ0n) is 9.41. The van der Waals surface area contributed by atoms with Crippen molar-refractivity contribution < 1.29 is 0 Å². The topological polar surface area (TPSA) is 56.3 Å². The van der Waals surface area contributed by atoms with Crippen LogP contribution in [0.5, 0.6) is 0 Å². The van der Waals surface area contributed by atoms with Crippen LogP contribution in [0.25, 0.3) is 31.5 Å². The Balaban J connectivity index is 2.37. The highest BCUT2D eigenvalue weighted by Gasteiger charge is 2.09. The summed E-state index contributed by atoms with van der Waals surface area (Å²) in [7, 11) is 0. The molecule has 0 aliphatic rings. The van der Waals surface area contributed by atoms with E-state index < -0.39 is 0 Å². The Morgan fingerprint density at radius 3 is 1.39 bits per heavy atom. The van der Waals surface area contributed by atoms with Gasteiger partial charge in [-0.05, 0) is 45.8 Å². The van der Waals surface area contributed by atoms with Gasteiger partial charge >= 0.3 is 11.4 Å². The summed E-state index contributed by atoms with van der Waals surface area (Å²) in [6, 6.07) is 14.9. The van der Waals surface area contributed by atoms with Crippen molar-refractivity contribution in [3.8, 4) is 0 Å². The van der Waals surface area contributed by atoms with E-state index >= 15 is 0 Å². The van der Waals surface area contributed by atoms with E-state index in [0.717, 1.165) is 21.5 Å². The molecule has 0 saturated heterocycles. The fourth-order valence-electron chi connectivity index (χ4n) is 2.10. The van der Waals surface area contributed by atoms with Gasteiger partial charge in [-0.3, -0.25) is 0 Å². The van der Waals surface area contributed by atoms with Gasteiger partial charge in [0, 0.05) is 24.3 Å². The summed E-state index contributed by atoms with van der Waals surface area (Å²) in [6.07, 6.45) is 0. The molecule has 0 saturated carbocycles. The van der Waals surface area contributed by atoms with Crippen molar-refractivity contribution in [3.63, 3.8) is 0 Å². The summed E-state index contributed by atoms with van der Waals surface area (Å²) in [5.74, 6) is 0. The van der Waals surface area contributed by atoms with Gasteiger partial charge in [0.05, 0.1) is 0 Å². The van der Waals surface area contributed by atoms with E-state index in [1.54, 1.807) is 12.1 Å². The number of rotatable bonds is 0. The molecule has 82 valence electrons. The second kappa shape index (κ2) is 3.80. The first-order valence-electron chi connectivity index (χ1n) is 5.48. The van der Waals surface area contributed by atoms with E-state index in [0.29, 0.717) is 11.4 Å². The molecule has 0 amide bonds. The van der Waals surface area contributed by atoms with Crippen LogP contribution < -0.4 is 0 Å². The van der Waals surface area contributed by atoms with Crippen molar-refractivity contribution in [1.29, 1.82) is 10.8 Å². The maximum Gasteiger partial charge on any atom is 0.385 e. The number of fused-ring (bicyclic) bond motifs is 2. The highest BCUT2D eigenvalue weighted by molar-refractivity contribution is 6.00. The van der Waals surface area contributed by atoms with Crippen LogP contribution in [0.15, 0.2) is 48.5 Å². The number of nitrogens with zero attached hydrogens (tertiary/aromatic N) is 4. The fraction of sp³-hybridized carbons (Fsp3) is 0. The van der Waals surface area contributed by atoms with Crippen molar-refractivity contribution >= 4 is 32.9 Å². The molecule has 0 aliphatic carbocycles. The second-order valence-electron chi connectivity index (χ2n) is 4.12. The van der Waals surface area contributed by atoms with Gasteiger partial charge in [0.15, 0.2) is 9.95 Å². The molecule has 3 rings (SSSR count). The first-order chi connectivity index (χ1) is 8.80. The predicted molar refractivity (Wildman–Crippen MR) is 70.9 cm³/mol. The molecule has 4 heteroatoms. The molecule has 18 heavy (non-hydrogen) atoms. The van der Waals surface area contributed by atoms with Crippen molar-refractivity contribution in [3.05, 3.63) is 58.5 Å². The lowest BCUT2D eigenvalue weighted by Gasteiger charge is -1.99. The Morgan fingerprint density at radius 1 is 0.556 bits per heavy atom. The minimum absolute atomic E-state index is 0.531. The molecule has 0 bridgehead atoms. The normalized spacial score (nSPS) is 10.1. The Morgan fingerprint density at radius 2 is 1.00 bits per heavy atom. The van der Waals surface area contributed by atoms with Crippen LogP contribution in [0.4, 0.5) is 11.4 Å². The molecular weight excluding hydrogens is 224 g/mol. The Hall–Kier alpha value is -2.98. The smallest absolute Gasteiger partial charge is 0.0463 e. The minimum atomic E-state index is 0.531. The van der Waals surface area contributed by atoms with Gasteiger partial charge in [0.25, 0.3) is 0 Å². The third kappa shape index (κ3) is 1.53. The lowest BCUT2D eigenvalue weighted by atomic mass is 10.0. The van der Waals surface area contributed by atoms with Crippen LogP contribution >= 0.6 is 0 Å². The van der Waals surface area contributed by atoms with Gasteiger partial charge in [-0.25, -0.2) is 0 Å². The fourth-order valence-corrected chi connectivity index (χ4v) is 2.10. The van der Waals surface area contributed by atoms with E-state index in [2.05, 4.69) is 9.95 Å². The van der Waals surface area contributed by atoms with Crippen LogP contribution in [-0.2, 0) is 0 Å². The molecule has 0 unspecified atom stereocenters. The molecule has 0 radical (unpaired) electrons. The average Bonchev–Trinajstić information content (AvgIpc) is 2.43. The molecule has 4 nitrogen and oxygen atoms in total. The number of benzene rings is 3. The predicted octanol–water partition coefficient (Wildman–Crippen LogP) is 4.96. The van der Waals surface area contributed by atoms with Crippen molar-refractivity contribution in [1.82, 2.24) is 0 Å². The van der Waals surface area contributed by atoms with E-state index in [9.17, 15) is 0 Å². The van der Waals surface area contributed by atoms with E-state index in [1.165, 1.54) is 0 Å². The zero-order chi connectivity index (χ0) is 12.5. The van der Waals surface area contributed by atoms with Crippen molar-refractivity contribution in [2.75, 3.05) is 0 Å². The van der Waals surface area contributed by atoms with E-state index in [4.69, 9.17) is 10.8 Å². The van der Waals surface area contributed by atoms with Gasteiger partial charge in [-0.1, -0.05) is 0 Å². The van der Waals surface area contributed by atoms with Gasteiger partial charge < -0.3 is 0 Å². The molecule has 0 aromatic heterocycles. The first kappa shape index (κ1) is 10.2. The van der Waals surface area contributed by atoms with Crippen LogP contribution in [0.2, 0.25) is 0 Å². The monoisotopic (exact) mass is 232 g/mol. The Bertz CT molecular complexity index is 780. The highest BCUT2D eigenvalue weighted by Crippen LogP contribution is 2.28. The van der Waals surface area contributed by atoms with Gasteiger partial charge in [-0.15, -0.1) is 0 Å². The highest BCUT2D eigenvalue weighted by atomic mass is 14.8. The Labute approximate surface area is 103 Å². The summed E-state index contributed by atoms with van der Waals surface area (Å²) < 4.78 is 0. The molecule has 0 aliphatic heterocycles. The van der Waals surface area contributed by atoms with Crippen LogP contribution in [0.1, 0.15) is 0 Å². The van der Waals surface area contributed by atoms with Crippen LogP contribution in [-0.4, -0.2) is 0 Å². The molecule has 0 spiro atoms. The summed E-state index contributed by atoms with van der Waals surface area (Å²) in [4.78, 5) is 6.36. The number of hydrogen-bond donors (Lipinski definition) is 0. The van der Waals surface area contributed by atoms with Crippen LogP contribution in [0.3, 0.4) is 0 Å². The molecule has 3 aromatic carbocycles. The van der Waals surface area contributed by atoms with Gasteiger partial charge in [0.1, 0.15) is 0 Å². The Kier molecular flexibility index (Phi) is 2.15. The van der Waals surface area contributed by atoms with Crippen molar-refractivity contribution in [2.45, 2.75) is 0 Å². The maximum absolute atomic E-state index is 8.76. The van der Waals surface area contributed by atoms with Crippen molar-refractivity contribution in [2.24, 2.45) is 0 Å². The first-order valence-corrected chi connectivity index (χ1v) is 5.48. The standard InChI is InChI=1S/C14H8N4/c15-17-13-3-1-9-5-12-8-14(18-16)4-2-10(12)6-11(9)7-13/h1-8H/q+2. The van der Waals surface area contributed by atoms with Crippen LogP contribution in [0, 0.1) is 10.8 Å². The van der Waals surface area contributed by atoms with E-state index in [1.807, 2.05) is 36.4 Å². The van der Waals surface area contributed by atoms with Gasteiger partial charge in [0.2, 0.25) is 10.8 Å². The molecule has 0 heterocycles. The zero-order valence-corrected chi connectivity index (χ0v) is 9.41. The summed E-state index contributed by atoms with van der Waals surface area (Å²) >= 11 is 0. The number of hydrogen-bond acceptors (Lipinski definition) is 2. The molecule has 0 fully saturated rings. The van der Waals surface area contributed by atoms with Gasteiger partial charge in [-0.2, -0.15) is 0 Å². The van der Waals surface area contributed by atoms with E-state index in [-0.39, 0.29) is 0 Å². The second-order valence-corrected chi connectivity index (χ2v) is 4.12. The third-order valence-corrected chi connectivity index (χ3v) is 2.99. The maximum atomic E-state index is 8.76. The average molecular weight is 232 g/mol. The molecule has 0 atom stereocenters. The summed E-state index contributed by atoms with van der Waals surface area (Å²) in [5, 5.41) is 21.6. The quantitative estimate of drug-likeness (QED) is 0.406. The largest absolute Gasteiger partial charge is 0.385 e. The lowest BCUT2D eigenvalue weighted by molar-refractivity contribution is 1.47.